The molecule has 19 heavy (non-hydrogen) atoms. The molecule has 0 bridgehead atoms. The number of pyridine rings is 2. The van der Waals surface area contributed by atoms with Gasteiger partial charge >= 0.3 is 0 Å². The number of amides is 1. The van der Waals surface area contributed by atoms with Crippen molar-refractivity contribution in [2.45, 2.75) is 6.54 Å². The van der Waals surface area contributed by atoms with E-state index in [1.165, 1.54) is 18.5 Å². The van der Waals surface area contributed by atoms with Gasteiger partial charge < -0.3 is 5.32 Å². The van der Waals surface area contributed by atoms with Crippen LogP contribution in [0, 0.1) is 0 Å². The first-order valence-electron chi connectivity index (χ1n) is 5.26. The second-order valence-electron chi connectivity index (χ2n) is 3.61. The molecule has 0 aromatic carbocycles. The van der Waals surface area contributed by atoms with Crippen molar-refractivity contribution < 1.29 is 4.79 Å². The Hall–Kier alpha value is -1.36. The van der Waals surface area contributed by atoms with Gasteiger partial charge in [-0.25, -0.2) is 4.98 Å². The van der Waals surface area contributed by atoms with Crippen LogP contribution in [0.2, 0.25) is 15.2 Å². The minimum atomic E-state index is -0.403. The molecular weight excluding hydrogens is 309 g/mol. The van der Waals surface area contributed by atoms with Crippen molar-refractivity contribution in [1.82, 2.24) is 15.3 Å². The lowest BCUT2D eigenvalue weighted by Crippen LogP contribution is -2.24. The van der Waals surface area contributed by atoms with Crippen LogP contribution in [0.4, 0.5) is 0 Å². The summed E-state index contributed by atoms with van der Waals surface area (Å²) in [6, 6.07) is 4.91. The van der Waals surface area contributed by atoms with Gasteiger partial charge in [0.2, 0.25) is 0 Å². The Morgan fingerprint density at radius 2 is 1.95 bits per heavy atom. The first-order chi connectivity index (χ1) is 9.08. The van der Waals surface area contributed by atoms with E-state index in [0.717, 1.165) is 0 Å². The van der Waals surface area contributed by atoms with Gasteiger partial charge in [0.15, 0.2) is 0 Å². The number of carbonyl (C=O) groups excluding carboxylic acids is 1. The van der Waals surface area contributed by atoms with Gasteiger partial charge in [0.25, 0.3) is 5.91 Å². The van der Waals surface area contributed by atoms with Gasteiger partial charge in [-0.05, 0) is 18.2 Å². The standard InChI is InChI=1S/C12H8Cl3N3O/c13-7-1-2-8(17-5-7)6-18-12(19)10-9(14)3-4-16-11(10)15/h1-5H,6H2,(H,18,19). The molecule has 2 rings (SSSR count). The van der Waals surface area contributed by atoms with Crippen molar-refractivity contribution >= 4 is 40.7 Å². The zero-order valence-electron chi connectivity index (χ0n) is 9.53. The minimum Gasteiger partial charge on any atom is -0.346 e. The SMILES string of the molecule is O=C(NCc1ccc(Cl)cn1)c1c(Cl)ccnc1Cl. The third kappa shape index (κ3) is 3.56. The fourth-order valence-corrected chi connectivity index (χ4v) is 2.02. The zero-order valence-corrected chi connectivity index (χ0v) is 11.8. The van der Waals surface area contributed by atoms with E-state index in [1.807, 2.05) is 0 Å². The van der Waals surface area contributed by atoms with E-state index in [1.54, 1.807) is 12.1 Å². The summed E-state index contributed by atoms with van der Waals surface area (Å²) in [7, 11) is 0. The Bertz CT molecular complexity index is 581. The molecule has 0 saturated carbocycles. The Balaban J connectivity index is 2.07. The molecule has 0 fully saturated rings. The molecule has 98 valence electrons. The molecule has 2 aromatic rings. The van der Waals surface area contributed by atoms with Crippen molar-refractivity contribution in [2.24, 2.45) is 0 Å². The van der Waals surface area contributed by atoms with Crippen LogP contribution < -0.4 is 5.32 Å². The highest BCUT2D eigenvalue weighted by Crippen LogP contribution is 2.21. The van der Waals surface area contributed by atoms with E-state index < -0.39 is 5.91 Å². The third-order valence-corrected chi connectivity index (χ3v) is 3.12. The molecule has 2 aromatic heterocycles. The van der Waals surface area contributed by atoms with Gasteiger partial charge in [-0.15, -0.1) is 0 Å². The number of hydrogen-bond acceptors (Lipinski definition) is 3. The maximum atomic E-state index is 12.0. The average molecular weight is 317 g/mol. The molecule has 0 aliphatic rings. The fourth-order valence-electron chi connectivity index (χ4n) is 1.39. The lowest BCUT2D eigenvalue weighted by atomic mass is 10.2. The van der Waals surface area contributed by atoms with Crippen molar-refractivity contribution in [3.63, 3.8) is 0 Å². The Morgan fingerprint density at radius 1 is 1.16 bits per heavy atom. The number of rotatable bonds is 3. The molecule has 0 unspecified atom stereocenters. The van der Waals surface area contributed by atoms with E-state index in [0.29, 0.717) is 10.7 Å². The molecule has 2 heterocycles. The van der Waals surface area contributed by atoms with Gasteiger partial charge in [-0.1, -0.05) is 34.8 Å². The van der Waals surface area contributed by atoms with Crippen LogP contribution in [-0.2, 0) is 6.54 Å². The molecular formula is C12H8Cl3N3O. The summed E-state index contributed by atoms with van der Waals surface area (Å²) < 4.78 is 0. The largest absolute Gasteiger partial charge is 0.346 e. The smallest absolute Gasteiger partial charge is 0.256 e. The first kappa shape index (κ1) is 14.1. The van der Waals surface area contributed by atoms with Gasteiger partial charge in [0.05, 0.1) is 27.8 Å². The molecule has 1 N–H and O–H groups in total. The first-order valence-corrected chi connectivity index (χ1v) is 6.40. The fraction of sp³-hybridized carbons (Fsp3) is 0.0833. The predicted octanol–water partition coefficient (Wildman–Crippen LogP) is 3.37. The van der Waals surface area contributed by atoms with Gasteiger partial charge in [-0.3, -0.25) is 9.78 Å². The van der Waals surface area contributed by atoms with E-state index in [-0.39, 0.29) is 22.3 Å². The highest BCUT2D eigenvalue weighted by atomic mass is 35.5. The van der Waals surface area contributed by atoms with Gasteiger partial charge in [0.1, 0.15) is 5.15 Å². The Kier molecular flexibility index (Phi) is 4.58. The highest BCUT2D eigenvalue weighted by Gasteiger charge is 2.15. The van der Waals surface area contributed by atoms with Crippen LogP contribution in [-0.4, -0.2) is 15.9 Å². The Labute approximate surface area is 124 Å². The third-order valence-electron chi connectivity index (χ3n) is 2.30. The van der Waals surface area contributed by atoms with Crippen LogP contribution in [0.25, 0.3) is 0 Å². The minimum absolute atomic E-state index is 0.0639. The van der Waals surface area contributed by atoms with Crippen LogP contribution >= 0.6 is 34.8 Å². The molecule has 0 aliphatic carbocycles. The molecule has 0 saturated heterocycles. The number of hydrogen-bond donors (Lipinski definition) is 1. The maximum Gasteiger partial charge on any atom is 0.256 e. The zero-order chi connectivity index (χ0) is 13.8. The van der Waals surface area contributed by atoms with Crippen LogP contribution in [0.15, 0.2) is 30.6 Å². The summed E-state index contributed by atoms with van der Waals surface area (Å²) in [6.07, 6.45) is 2.94. The summed E-state index contributed by atoms with van der Waals surface area (Å²) in [4.78, 5) is 19.8. The van der Waals surface area contributed by atoms with E-state index in [4.69, 9.17) is 34.8 Å². The number of nitrogens with zero attached hydrogens (tertiary/aromatic N) is 2. The van der Waals surface area contributed by atoms with E-state index >= 15 is 0 Å². The van der Waals surface area contributed by atoms with Crippen molar-refractivity contribution in [3.05, 3.63) is 57.0 Å². The topological polar surface area (TPSA) is 54.9 Å². The quantitative estimate of drug-likeness (QED) is 0.883. The number of aromatic nitrogens is 2. The van der Waals surface area contributed by atoms with E-state index in [2.05, 4.69) is 15.3 Å². The molecule has 0 atom stereocenters. The monoisotopic (exact) mass is 315 g/mol. The maximum absolute atomic E-state index is 12.0. The number of halogens is 3. The summed E-state index contributed by atoms with van der Waals surface area (Å²) in [5.41, 5.74) is 0.827. The molecule has 0 aliphatic heterocycles. The predicted molar refractivity (Wildman–Crippen MR) is 74.7 cm³/mol. The lowest BCUT2D eigenvalue weighted by Gasteiger charge is -2.07. The lowest BCUT2D eigenvalue weighted by molar-refractivity contribution is 0.0950. The molecule has 1 amide bonds. The van der Waals surface area contributed by atoms with E-state index in [9.17, 15) is 4.79 Å². The summed E-state index contributed by atoms with van der Waals surface area (Å²) in [5.74, 6) is -0.403. The molecule has 0 spiro atoms. The molecule has 4 nitrogen and oxygen atoms in total. The summed E-state index contributed by atoms with van der Waals surface area (Å²) >= 11 is 17.5. The Morgan fingerprint density at radius 3 is 2.58 bits per heavy atom. The van der Waals surface area contributed by atoms with Gasteiger partial charge in [0, 0.05) is 12.4 Å². The summed E-state index contributed by atoms with van der Waals surface area (Å²) in [6.45, 7) is 0.248. The van der Waals surface area contributed by atoms with Crippen molar-refractivity contribution in [3.8, 4) is 0 Å². The normalized spacial score (nSPS) is 10.3. The van der Waals surface area contributed by atoms with Crippen molar-refractivity contribution in [2.75, 3.05) is 0 Å². The second kappa shape index (κ2) is 6.19. The van der Waals surface area contributed by atoms with Crippen molar-refractivity contribution in [1.29, 1.82) is 0 Å². The number of nitrogens with one attached hydrogen (secondary N) is 1. The average Bonchev–Trinajstić information content (AvgIpc) is 2.38. The van der Waals surface area contributed by atoms with Crippen LogP contribution in [0.1, 0.15) is 16.1 Å². The van der Waals surface area contributed by atoms with Crippen LogP contribution in [0.5, 0.6) is 0 Å². The molecule has 7 heteroatoms. The van der Waals surface area contributed by atoms with Crippen LogP contribution in [0.3, 0.4) is 0 Å². The summed E-state index contributed by atoms with van der Waals surface area (Å²) in [5, 5.41) is 3.51. The second-order valence-corrected chi connectivity index (χ2v) is 4.81. The number of carbonyl (C=O) groups is 1. The van der Waals surface area contributed by atoms with Gasteiger partial charge in [-0.2, -0.15) is 0 Å². The molecule has 0 radical (unpaired) electrons. The highest BCUT2D eigenvalue weighted by molar-refractivity contribution is 6.38.